The van der Waals surface area contributed by atoms with E-state index in [1.54, 1.807) is 0 Å². The van der Waals surface area contributed by atoms with Crippen molar-refractivity contribution in [3.05, 3.63) is 52.0 Å². The summed E-state index contributed by atoms with van der Waals surface area (Å²) >= 11 is 5.99. The third-order valence-corrected chi connectivity index (χ3v) is 3.77. The lowest BCUT2D eigenvalue weighted by Gasteiger charge is -2.13. The van der Waals surface area contributed by atoms with Crippen LogP contribution in [0.2, 0.25) is 5.02 Å². The van der Waals surface area contributed by atoms with Gasteiger partial charge in [-0.2, -0.15) is 13.2 Å². The summed E-state index contributed by atoms with van der Waals surface area (Å²) in [5.74, 6) is 0.0441. The quantitative estimate of drug-likeness (QED) is 0.851. The Labute approximate surface area is 140 Å². The maximum Gasteiger partial charge on any atom is 0.416 e. The van der Waals surface area contributed by atoms with Crippen LogP contribution in [0.1, 0.15) is 21.5 Å². The molecule has 1 heterocycles. The maximum atomic E-state index is 12.9. The summed E-state index contributed by atoms with van der Waals surface area (Å²) in [6, 6.07) is 6.37. The zero-order chi connectivity index (χ0) is 17.5. The molecule has 0 atom stereocenters. The molecule has 3 rings (SSSR count). The minimum atomic E-state index is -4.49. The minimum Gasteiger partial charge on any atom is -0.454 e. The monoisotopic (exact) mass is 357 g/mol. The Bertz CT molecular complexity index is 821. The fraction of sp³-hybridized carbons (Fsp3) is 0.188. The fourth-order valence-corrected chi connectivity index (χ4v) is 2.57. The van der Waals surface area contributed by atoms with E-state index in [4.69, 9.17) is 21.1 Å². The third-order valence-electron chi connectivity index (χ3n) is 3.49. The Kier molecular flexibility index (Phi) is 4.04. The van der Waals surface area contributed by atoms with Crippen LogP contribution in [0.15, 0.2) is 30.3 Å². The lowest BCUT2D eigenvalue weighted by molar-refractivity contribution is -0.138. The standard InChI is InChI=1S/C16H11ClF3NO3/c1-8-2-3-10(6-11(8)16(18,19)20)21-15(22)9-4-12(17)14-13(5-9)23-7-24-14/h2-6H,7H2,1H3,(H,21,22). The number of hydrogen-bond acceptors (Lipinski definition) is 3. The molecule has 2 aromatic rings. The fourth-order valence-electron chi connectivity index (χ4n) is 2.31. The van der Waals surface area contributed by atoms with Crippen molar-refractivity contribution in [1.29, 1.82) is 0 Å². The number of carbonyl (C=O) groups excluding carboxylic acids is 1. The van der Waals surface area contributed by atoms with E-state index in [1.807, 2.05) is 0 Å². The average Bonchev–Trinajstić information content (AvgIpc) is 2.97. The number of fused-ring (bicyclic) bond motifs is 1. The average molecular weight is 358 g/mol. The van der Waals surface area contributed by atoms with Crippen LogP contribution in [0.25, 0.3) is 0 Å². The van der Waals surface area contributed by atoms with Gasteiger partial charge < -0.3 is 14.8 Å². The van der Waals surface area contributed by atoms with Crippen LogP contribution in [-0.4, -0.2) is 12.7 Å². The van der Waals surface area contributed by atoms with E-state index in [-0.39, 0.29) is 28.6 Å². The van der Waals surface area contributed by atoms with Crippen LogP contribution in [-0.2, 0) is 6.18 Å². The number of nitrogens with one attached hydrogen (secondary N) is 1. The molecule has 1 N–H and O–H groups in total. The van der Waals surface area contributed by atoms with Crippen molar-refractivity contribution < 1.29 is 27.4 Å². The molecule has 8 heteroatoms. The number of rotatable bonds is 2. The van der Waals surface area contributed by atoms with Gasteiger partial charge in [0.05, 0.1) is 10.6 Å². The van der Waals surface area contributed by atoms with Gasteiger partial charge in [0.1, 0.15) is 0 Å². The van der Waals surface area contributed by atoms with Crippen molar-refractivity contribution in [3.63, 3.8) is 0 Å². The van der Waals surface area contributed by atoms with Gasteiger partial charge in [0, 0.05) is 11.3 Å². The normalized spacial score (nSPS) is 13.0. The van der Waals surface area contributed by atoms with Crippen LogP contribution < -0.4 is 14.8 Å². The number of aryl methyl sites for hydroxylation is 1. The topological polar surface area (TPSA) is 47.6 Å². The number of halogens is 4. The van der Waals surface area contributed by atoms with E-state index in [0.29, 0.717) is 11.5 Å². The third kappa shape index (κ3) is 3.12. The number of ether oxygens (including phenoxy) is 2. The van der Waals surface area contributed by atoms with Gasteiger partial charge in [0.25, 0.3) is 5.91 Å². The first-order chi connectivity index (χ1) is 11.3. The summed E-state index contributed by atoms with van der Waals surface area (Å²) in [5.41, 5.74) is -0.541. The predicted molar refractivity (Wildman–Crippen MR) is 81.7 cm³/mol. The Balaban J connectivity index is 1.87. The number of amides is 1. The molecule has 0 saturated heterocycles. The summed E-state index contributed by atoms with van der Waals surface area (Å²) in [7, 11) is 0. The first-order valence-electron chi connectivity index (χ1n) is 6.84. The van der Waals surface area contributed by atoms with Gasteiger partial charge in [0.2, 0.25) is 6.79 Å². The molecule has 1 aliphatic heterocycles. The van der Waals surface area contributed by atoms with E-state index in [1.165, 1.54) is 31.2 Å². The number of alkyl halides is 3. The second kappa shape index (κ2) is 5.90. The minimum absolute atomic E-state index is 0.00691. The summed E-state index contributed by atoms with van der Waals surface area (Å²) in [4.78, 5) is 12.3. The summed E-state index contributed by atoms with van der Waals surface area (Å²) < 4.78 is 49.1. The molecule has 0 fully saturated rings. The molecule has 0 aromatic heterocycles. The lowest BCUT2D eigenvalue weighted by Crippen LogP contribution is -2.14. The predicted octanol–water partition coefficient (Wildman–Crippen LogP) is 4.65. The Hall–Kier alpha value is -2.41. The molecule has 0 bridgehead atoms. The number of carbonyl (C=O) groups is 1. The van der Waals surface area contributed by atoms with Crippen molar-refractivity contribution in [2.45, 2.75) is 13.1 Å². The molecule has 1 aliphatic rings. The van der Waals surface area contributed by atoms with Gasteiger partial charge in [-0.25, -0.2) is 0 Å². The highest BCUT2D eigenvalue weighted by Crippen LogP contribution is 2.40. The van der Waals surface area contributed by atoms with Crippen molar-refractivity contribution in [2.24, 2.45) is 0 Å². The van der Waals surface area contributed by atoms with E-state index >= 15 is 0 Å². The number of anilines is 1. The molecule has 0 unspecified atom stereocenters. The zero-order valence-corrected chi connectivity index (χ0v) is 13.1. The Morgan fingerprint density at radius 1 is 1.21 bits per heavy atom. The summed E-state index contributed by atoms with van der Waals surface area (Å²) in [6.45, 7) is 1.35. The summed E-state index contributed by atoms with van der Waals surface area (Å²) in [5, 5.41) is 2.61. The second-order valence-electron chi connectivity index (χ2n) is 5.17. The van der Waals surface area contributed by atoms with Gasteiger partial charge in [0.15, 0.2) is 11.5 Å². The largest absolute Gasteiger partial charge is 0.454 e. The number of benzene rings is 2. The highest BCUT2D eigenvalue weighted by Gasteiger charge is 2.32. The van der Waals surface area contributed by atoms with Gasteiger partial charge in [-0.1, -0.05) is 17.7 Å². The summed E-state index contributed by atoms with van der Waals surface area (Å²) in [6.07, 6.45) is -4.49. The molecule has 126 valence electrons. The van der Waals surface area contributed by atoms with Crippen molar-refractivity contribution in [3.8, 4) is 11.5 Å². The smallest absolute Gasteiger partial charge is 0.416 e. The van der Waals surface area contributed by atoms with Crippen LogP contribution >= 0.6 is 11.6 Å². The van der Waals surface area contributed by atoms with E-state index in [0.717, 1.165) is 6.07 Å². The van der Waals surface area contributed by atoms with Gasteiger partial charge in [-0.15, -0.1) is 0 Å². The molecular formula is C16H11ClF3NO3. The van der Waals surface area contributed by atoms with Crippen LogP contribution in [0.5, 0.6) is 11.5 Å². The molecule has 2 aromatic carbocycles. The van der Waals surface area contributed by atoms with Crippen LogP contribution in [0.4, 0.5) is 18.9 Å². The van der Waals surface area contributed by atoms with E-state index < -0.39 is 17.6 Å². The van der Waals surface area contributed by atoms with Crippen LogP contribution in [0, 0.1) is 6.92 Å². The van der Waals surface area contributed by atoms with E-state index in [2.05, 4.69) is 5.32 Å². The first-order valence-corrected chi connectivity index (χ1v) is 7.22. The molecule has 0 spiro atoms. The molecule has 4 nitrogen and oxygen atoms in total. The second-order valence-corrected chi connectivity index (χ2v) is 5.58. The molecule has 0 radical (unpaired) electrons. The van der Waals surface area contributed by atoms with Gasteiger partial charge in [-0.05, 0) is 36.8 Å². The highest BCUT2D eigenvalue weighted by atomic mass is 35.5. The Morgan fingerprint density at radius 2 is 1.96 bits per heavy atom. The van der Waals surface area contributed by atoms with E-state index in [9.17, 15) is 18.0 Å². The zero-order valence-electron chi connectivity index (χ0n) is 12.3. The molecule has 0 saturated carbocycles. The van der Waals surface area contributed by atoms with Gasteiger partial charge >= 0.3 is 6.18 Å². The molecular weight excluding hydrogens is 347 g/mol. The molecule has 24 heavy (non-hydrogen) atoms. The maximum absolute atomic E-state index is 12.9. The van der Waals surface area contributed by atoms with Crippen molar-refractivity contribution in [2.75, 3.05) is 12.1 Å². The molecule has 1 amide bonds. The SMILES string of the molecule is Cc1ccc(NC(=O)c2cc(Cl)c3c(c2)OCO3)cc1C(F)(F)F. The Morgan fingerprint density at radius 3 is 2.67 bits per heavy atom. The lowest BCUT2D eigenvalue weighted by atomic mass is 10.1. The number of hydrogen-bond donors (Lipinski definition) is 1. The van der Waals surface area contributed by atoms with Crippen LogP contribution in [0.3, 0.4) is 0 Å². The van der Waals surface area contributed by atoms with Gasteiger partial charge in [-0.3, -0.25) is 4.79 Å². The van der Waals surface area contributed by atoms with Crippen molar-refractivity contribution >= 4 is 23.2 Å². The first kappa shape index (κ1) is 16.4. The molecule has 0 aliphatic carbocycles. The van der Waals surface area contributed by atoms with Crippen molar-refractivity contribution in [1.82, 2.24) is 0 Å². The highest BCUT2D eigenvalue weighted by molar-refractivity contribution is 6.32.